The van der Waals surface area contributed by atoms with E-state index >= 15 is 0 Å². The van der Waals surface area contributed by atoms with Crippen LogP contribution in [0.4, 0.5) is 0 Å². The fraction of sp³-hybridized carbons (Fsp3) is 0.500. The lowest BCUT2D eigenvalue weighted by Gasteiger charge is -2.35. The lowest BCUT2D eigenvalue weighted by molar-refractivity contribution is 0.0162. The number of hydrogen-bond acceptors (Lipinski definition) is 6. The van der Waals surface area contributed by atoms with Crippen LogP contribution in [0.15, 0.2) is 22.6 Å². The van der Waals surface area contributed by atoms with Gasteiger partial charge in [-0.1, -0.05) is 6.07 Å². The van der Waals surface area contributed by atoms with Gasteiger partial charge in [0.05, 0.1) is 39.0 Å². The Morgan fingerprint density at radius 2 is 1.79 bits per heavy atom. The summed E-state index contributed by atoms with van der Waals surface area (Å²) < 4.78 is 22.0. The highest BCUT2D eigenvalue weighted by Gasteiger charge is 2.26. The first-order valence-corrected chi connectivity index (χ1v) is 9.84. The number of nitrogens with zero attached hydrogens (tertiary/aromatic N) is 1. The number of hydrogen-bond donors (Lipinski definition) is 1. The maximum atomic E-state index is 12.9. The number of furan rings is 1. The molecule has 1 aromatic heterocycles. The minimum atomic E-state index is -0.115. The predicted octanol–water partition coefficient (Wildman–Crippen LogP) is 3.03. The summed E-state index contributed by atoms with van der Waals surface area (Å²) in [5, 5.41) is 3.10. The Balaban J connectivity index is 1.83. The highest BCUT2D eigenvalue weighted by molar-refractivity contribution is 5.96. The van der Waals surface area contributed by atoms with Crippen LogP contribution in [0.25, 0.3) is 0 Å². The molecule has 0 aliphatic carbocycles. The molecule has 3 rings (SSSR count). The summed E-state index contributed by atoms with van der Waals surface area (Å²) in [5.41, 5.74) is 2.56. The maximum absolute atomic E-state index is 12.9. The predicted molar refractivity (Wildman–Crippen MR) is 110 cm³/mol. The van der Waals surface area contributed by atoms with Gasteiger partial charge in [-0.15, -0.1) is 0 Å². The second-order valence-corrected chi connectivity index (χ2v) is 7.20. The molecule has 2 aromatic rings. The topological polar surface area (TPSA) is 73.2 Å². The van der Waals surface area contributed by atoms with E-state index in [0.717, 1.165) is 30.0 Å². The summed E-state index contributed by atoms with van der Waals surface area (Å²) in [6.45, 7) is 9.04. The number of morpholine rings is 1. The molecule has 0 spiro atoms. The van der Waals surface area contributed by atoms with Crippen molar-refractivity contribution in [3.05, 3.63) is 46.4 Å². The van der Waals surface area contributed by atoms with Gasteiger partial charge in [-0.2, -0.15) is 0 Å². The van der Waals surface area contributed by atoms with Crippen molar-refractivity contribution in [2.45, 2.75) is 26.8 Å². The Morgan fingerprint density at radius 3 is 2.38 bits per heavy atom. The molecule has 1 N–H and O–H groups in total. The summed E-state index contributed by atoms with van der Waals surface area (Å²) in [5.74, 6) is 2.66. The summed E-state index contributed by atoms with van der Waals surface area (Å²) in [4.78, 5) is 15.2. The fourth-order valence-corrected chi connectivity index (χ4v) is 3.81. The van der Waals surface area contributed by atoms with Crippen LogP contribution in [0.3, 0.4) is 0 Å². The van der Waals surface area contributed by atoms with Gasteiger partial charge >= 0.3 is 0 Å². The molecule has 1 amide bonds. The van der Waals surface area contributed by atoms with Crippen molar-refractivity contribution in [2.24, 2.45) is 0 Å². The highest BCUT2D eigenvalue weighted by atomic mass is 16.5. The number of aryl methyl sites for hydroxylation is 2. The molecule has 1 atom stereocenters. The number of methoxy groups -OCH3 is 2. The van der Waals surface area contributed by atoms with Gasteiger partial charge in [0.2, 0.25) is 0 Å². The number of rotatable bonds is 7. The molecule has 0 bridgehead atoms. The largest absolute Gasteiger partial charge is 0.493 e. The summed E-state index contributed by atoms with van der Waals surface area (Å²) in [6, 6.07) is 5.89. The number of nitrogens with one attached hydrogen (secondary N) is 1. The van der Waals surface area contributed by atoms with E-state index in [1.807, 2.05) is 39.0 Å². The van der Waals surface area contributed by atoms with Gasteiger partial charge in [-0.3, -0.25) is 9.69 Å². The first-order valence-electron chi connectivity index (χ1n) is 9.84. The molecule has 0 radical (unpaired) electrons. The third-order valence-corrected chi connectivity index (χ3v) is 5.52. The normalized spacial score (nSPS) is 15.8. The van der Waals surface area contributed by atoms with Crippen LogP contribution in [-0.2, 0) is 4.74 Å². The van der Waals surface area contributed by atoms with E-state index in [1.54, 1.807) is 14.2 Å². The third-order valence-electron chi connectivity index (χ3n) is 5.52. The van der Waals surface area contributed by atoms with E-state index in [4.69, 9.17) is 18.6 Å². The summed E-state index contributed by atoms with van der Waals surface area (Å²) >= 11 is 0. The molecule has 1 unspecified atom stereocenters. The second-order valence-electron chi connectivity index (χ2n) is 7.20. The SMILES string of the molecule is COc1ccc(C(CNC(=O)c2c(C)oc(C)c2C)N2CCOCC2)cc1OC. The van der Waals surface area contributed by atoms with Crippen LogP contribution in [0.5, 0.6) is 11.5 Å². The van der Waals surface area contributed by atoms with Crippen molar-refractivity contribution in [3.63, 3.8) is 0 Å². The summed E-state index contributed by atoms with van der Waals surface area (Å²) in [7, 11) is 3.24. The molecule has 158 valence electrons. The first kappa shape index (κ1) is 21.2. The van der Waals surface area contributed by atoms with Crippen molar-refractivity contribution < 1.29 is 23.4 Å². The van der Waals surface area contributed by atoms with Crippen molar-refractivity contribution in [1.29, 1.82) is 0 Å². The van der Waals surface area contributed by atoms with Gasteiger partial charge in [-0.25, -0.2) is 0 Å². The van der Waals surface area contributed by atoms with E-state index in [9.17, 15) is 4.79 Å². The number of amides is 1. The molecule has 1 saturated heterocycles. The zero-order chi connectivity index (χ0) is 21.0. The molecule has 7 nitrogen and oxygen atoms in total. The fourth-order valence-electron chi connectivity index (χ4n) is 3.81. The highest BCUT2D eigenvalue weighted by Crippen LogP contribution is 2.32. The maximum Gasteiger partial charge on any atom is 0.255 e. The third kappa shape index (κ3) is 4.57. The van der Waals surface area contributed by atoms with Gasteiger partial charge in [0, 0.05) is 25.2 Å². The Kier molecular flexibility index (Phi) is 6.82. The minimum absolute atomic E-state index is 0.00346. The molecule has 1 aromatic carbocycles. The molecule has 0 saturated carbocycles. The Labute approximate surface area is 171 Å². The van der Waals surface area contributed by atoms with Crippen LogP contribution >= 0.6 is 0 Å². The molecule has 7 heteroatoms. The lowest BCUT2D eigenvalue weighted by atomic mass is 10.0. The van der Waals surface area contributed by atoms with E-state index < -0.39 is 0 Å². The standard InChI is InChI=1S/C22H30N2O5/c1-14-15(2)29-16(3)21(14)22(25)23-13-18(24-8-10-28-11-9-24)17-6-7-19(26-4)20(12-17)27-5/h6-7,12,18H,8-11,13H2,1-5H3,(H,23,25). The number of carbonyl (C=O) groups excluding carboxylic acids is 1. The van der Waals surface area contributed by atoms with Crippen LogP contribution in [-0.4, -0.2) is 57.9 Å². The van der Waals surface area contributed by atoms with Gasteiger partial charge < -0.3 is 23.9 Å². The molecular formula is C22H30N2O5. The van der Waals surface area contributed by atoms with Crippen molar-refractivity contribution >= 4 is 5.91 Å². The zero-order valence-electron chi connectivity index (χ0n) is 17.8. The van der Waals surface area contributed by atoms with E-state index in [-0.39, 0.29) is 11.9 Å². The number of benzene rings is 1. The van der Waals surface area contributed by atoms with E-state index in [1.165, 1.54) is 0 Å². The average Bonchev–Trinajstić information content (AvgIpc) is 3.00. The summed E-state index contributed by atoms with van der Waals surface area (Å²) in [6.07, 6.45) is 0. The number of carbonyl (C=O) groups is 1. The number of ether oxygens (including phenoxy) is 3. The van der Waals surface area contributed by atoms with Gasteiger partial charge in [0.1, 0.15) is 11.5 Å². The molecular weight excluding hydrogens is 372 g/mol. The second kappa shape index (κ2) is 9.33. The Morgan fingerprint density at radius 1 is 1.10 bits per heavy atom. The minimum Gasteiger partial charge on any atom is -0.493 e. The van der Waals surface area contributed by atoms with Crippen molar-refractivity contribution in [2.75, 3.05) is 47.1 Å². The van der Waals surface area contributed by atoms with E-state index in [2.05, 4.69) is 10.2 Å². The van der Waals surface area contributed by atoms with Crippen LogP contribution in [0, 0.1) is 20.8 Å². The van der Waals surface area contributed by atoms with Crippen LogP contribution in [0.2, 0.25) is 0 Å². The van der Waals surface area contributed by atoms with Gasteiger partial charge in [-0.05, 0) is 38.5 Å². The van der Waals surface area contributed by atoms with Crippen LogP contribution in [0.1, 0.15) is 39.0 Å². The average molecular weight is 402 g/mol. The van der Waals surface area contributed by atoms with Crippen LogP contribution < -0.4 is 14.8 Å². The van der Waals surface area contributed by atoms with E-state index in [0.29, 0.717) is 42.6 Å². The molecule has 1 aliphatic heterocycles. The monoisotopic (exact) mass is 402 g/mol. The van der Waals surface area contributed by atoms with Crippen molar-refractivity contribution in [3.8, 4) is 11.5 Å². The quantitative estimate of drug-likeness (QED) is 0.768. The lowest BCUT2D eigenvalue weighted by Crippen LogP contribution is -2.44. The zero-order valence-corrected chi connectivity index (χ0v) is 17.8. The Bertz CT molecular complexity index is 855. The smallest absolute Gasteiger partial charge is 0.255 e. The Hall–Kier alpha value is -2.51. The van der Waals surface area contributed by atoms with Gasteiger partial charge in [0.25, 0.3) is 5.91 Å². The molecule has 29 heavy (non-hydrogen) atoms. The van der Waals surface area contributed by atoms with Crippen molar-refractivity contribution in [1.82, 2.24) is 10.2 Å². The van der Waals surface area contributed by atoms with Gasteiger partial charge in [0.15, 0.2) is 11.5 Å². The molecule has 1 aliphatic rings. The first-order chi connectivity index (χ1) is 14.0. The molecule has 1 fully saturated rings. The molecule has 2 heterocycles.